The Hall–Kier alpha value is -2.06. The SMILES string of the molecule is CCN(C(=O)CCc1ccc(F)c(F)c1)C1CCN(CC2CCN([C@@H](C(=O)O)C3CCCCC3)C2)CC1. The lowest BCUT2D eigenvalue weighted by molar-refractivity contribution is -0.145. The summed E-state index contributed by atoms with van der Waals surface area (Å²) >= 11 is 0. The van der Waals surface area contributed by atoms with E-state index in [2.05, 4.69) is 9.80 Å². The number of piperidine rings is 1. The van der Waals surface area contributed by atoms with Crippen LogP contribution in [-0.4, -0.2) is 83.0 Å². The fraction of sp³-hybridized carbons (Fsp3) is 0.724. The molecule has 1 saturated carbocycles. The predicted octanol–water partition coefficient (Wildman–Crippen LogP) is 4.57. The smallest absolute Gasteiger partial charge is 0.321 e. The quantitative estimate of drug-likeness (QED) is 0.491. The van der Waals surface area contributed by atoms with Crippen molar-refractivity contribution in [2.75, 3.05) is 39.3 Å². The number of amides is 1. The molecular weight excluding hydrogens is 476 g/mol. The second-order valence-corrected chi connectivity index (χ2v) is 11.3. The van der Waals surface area contributed by atoms with Crippen LogP contribution in [0, 0.1) is 23.5 Å². The lowest BCUT2D eigenvalue weighted by Crippen LogP contribution is -2.49. The van der Waals surface area contributed by atoms with Crippen LogP contribution in [0.15, 0.2) is 18.2 Å². The van der Waals surface area contributed by atoms with Crippen LogP contribution >= 0.6 is 0 Å². The van der Waals surface area contributed by atoms with Gasteiger partial charge < -0.3 is 14.9 Å². The molecule has 2 atom stereocenters. The maximum absolute atomic E-state index is 13.5. The lowest BCUT2D eigenvalue weighted by atomic mass is 9.83. The molecule has 0 radical (unpaired) electrons. The average molecular weight is 520 g/mol. The van der Waals surface area contributed by atoms with E-state index in [0.717, 1.165) is 83.7 Å². The van der Waals surface area contributed by atoms with Crippen LogP contribution in [0.2, 0.25) is 0 Å². The highest BCUT2D eigenvalue weighted by Gasteiger charge is 2.38. The van der Waals surface area contributed by atoms with Crippen LogP contribution in [0.4, 0.5) is 8.78 Å². The van der Waals surface area contributed by atoms with E-state index < -0.39 is 17.6 Å². The Balaban J connectivity index is 1.22. The van der Waals surface area contributed by atoms with Gasteiger partial charge in [0.2, 0.25) is 5.91 Å². The number of aryl methyl sites for hydroxylation is 1. The van der Waals surface area contributed by atoms with Gasteiger partial charge in [-0.15, -0.1) is 0 Å². The summed E-state index contributed by atoms with van der Waals surface area (Å²) in [4.78, 5) is 31.7. The van der Waals surface area contributed by atoms with Gasteiger partial charge in [0.1, 0.15) is 6.04 Å². The van der Waals surface area contributed by atoms with Gasteiger partial charge in [-0.05, 0) is 81.5 Å². The van der Waals surface area contributed by atoms with Gasteiger partial charge in [-0.3, -0.25) is 14.5 Å². The van der Waals surface area contributed by atoms with E-state index in [1.165, 1.54) is 12.5 Å². The first-order chi connectivity index (χ1) is 17.9. The fourth-order valence-electron chi connectivity index (χ4n) is 6.88. The largest absolute Gasteiger partial charge is 0.480 e. The third-order valence-corrected chi connectivity index (χ3v) is 8.85. The molecule has 1 unspecified atom stereocenters. The molecule has 2 aliphatic heterocycles. The predicted molar refractivity (Wildman–Crippen MR) is 139 cm³/mol. The monoisotopic (exact) mass is 519 g/mol. The molecule has 1 aromatic rings. The number of carbonyl (C=O) groups excluding carboxylic acids is 1. The molecule has 3 aliphatic rings. The highest BCUT2D eigenvalue weighted by atomic mass is 19.2. The zero-order valence-electron chi connectivity index (χ0n) is 22.2. The van der Waals surface area contributed by atoms with E-state index in [1.807, 2.05) is 11.8 Å². The second-order valence-electron chi connectivity index (χ2n) is 11.3. The standard InChI is InChI=1S/C29H43F2N3O3/c1-2-34(27(35)11-9-21-8-10-25(30)26(31)18-21)24-13-15-32(16-14-24)19-22-12-17-33(20-22)28(29(36)37)23-6-4-3-5-7-23/h8,10,18,22-24,28H,2-7,9,11-17,19-20H2,1H3,(H,36,37)/t22?,28-/m1/s1. The van der Waals surface area contributed by atoms with Gasteiger partial charge in [0.15, 0.2) is 11.6 Å². The molecule has 37 heavy (non-hydrogen) atoms. The zero-order chi connectivity index (χ0) is 26.4. The topological polar surface area (TPSA) is 64.1 Å². The van der Waals surface area contributed by atoms with Crippen LogP contribution < -0.4 is 0 Å². The Morgan fingerprint density at radius 1 is 1.03 bits per heavy atom. The van der Waals surface area contributed by atoms with Crippen LogP contribution in [0.5, 0.6) is 0 Å². The lowest BCUT2D eigenvalue weighted by Gasteiger charge is -2.39. The van der Waals surface area contributed by atoms with E-state index in [9.17, 15) is 23.5 Å². The number of likely N-dealkylation sites (tertiary alicyclic amines) is 2. The van der Waals surface area contributed by atoms with Gasteiger partial charge in [0, 0.05) is 45.2 Å². The molecule has 2 heterocycles. The molecule has 206 valence electrons. The van der Waals surface area contributed by atoms with Crippen molar-refractivity contribution in [3.05, 3.63) is 35.4 Å². The first kappa shape index (κ1) is 28.0. The molecule has 4 rings (SSSR count). The Morgan fingerprint density at radius 2 is 1.76 bits per heavy atom. The van der Waals surface area contributed by atoms with Gasteiger partial charge in [-0.25, -0.2) is 8.78 Å². The minimum atomic E-state index is -0.873. The Morgan fingerprint density at radius 3 is 2.41 bits per heavy atom. The van der Waals surface area contributed by atoms with E-state index in [4.69, 9.17) is 0 Å². The van der Waals surface area contributed by atoms with Crippen LogP contribution in [0.1, 0.15) is 70.3 Å². The number of aliphatic carboxylic acids is 1. The summed E-state index contributed by atoms with van der Waals surface area (Å²) in [5.41, 5.74) is 0.636. The number of hydrogen-bond donors (Lipinski definition) is 1. The van der Waals surface area contributed by atoms with Crippen molar-refractivity contribution in [3.63, 3.8) is 0 Å². The summed E-state index contributed by atoms with van der Waals surface area (Å²) in [6.45, 7) is 7.28. The molecule has 0 bridgehead atoms. The normalized spacial score (nSPS) is 23.3. The Labute approximate surface area is 220 Å². The van der Waals surface area contributed by atoms with E-state index in [1.54, 1.807) is 6.07 Å². The van der Waals surface area contributed by atoms with Crippen LogP contribution in [0.3, 0.4) is 0 Å². The summed E-state index contributed by atoms with van der Waals surface area (Å²) in [7, 11) is 0. The number of nitrogens with zero attached hydrogens (tertiary/aromatic N) is 3. The molecule has 1 aliphatic carbocycles. The van der Waals surface area contributed by atoms with Crippen molar-refractivity contribution in [1.82, 2.24) is 14.7 Å². The minimum absolute atomic E-state index is 0.0690. The molecule has 8 heteroatoms. The van der Waals surface area contributed by atoms with E-state index in [-0.39, 0.29) is 18.0 Å². The summed E-state index contributed by atoms with van der Waals surface area (Å²) in [6.07, 6.45) is 9.24. The summed E-state index contributed by atoms with van der Waals surface area (Å²) in [6, 6.07) is 3.71. The van der Waals surface area contributed by atoms with Gasteiger partial charge in [0.05, 0.1) is 0 Å². The number of rotatable bonds is 10. The molecule has 0 aromatic heterocycles. The van der Waals surface area contributed by atoms with Gasteiger partial charge >= 0.3 is 5.97 Å². The van der Waals surface area contributed by atoms with Crippen molar-refractivity contribution >= 4 is 11.9 Å². The summed E-state index contributed by atoms with van der Waals surface area (Å²) in [5, 5.41) is 9.95. The van der Waals surface area contributed by atoms with Gasteiger partial charge in [-0.1, -0.05) is 25.3 Å². The van der Waals surface area contributed by atoms with E-state index in [0.29, 0.717) is 36.8 Å². The molecule has 3 fully saturated rings. The van der Waals surface area contributed by atoms with Gasteiger partial charge in [-0.2, -0.15) is 0 Å². The maximum Gasteiger partial charge on any atom is 0.321 e. The highest BCUT2D eigenvalue weighted by molar-refractivity contribution is 5.76. The van der Waals surface area contributed by atoms with Gasteiger partial charge in [0.25, 0.3) is 0 Å². The van der Waals surface area contributed by atoms with E-state index >= 15 is 0 Å². The first-order valence-corrected chi connectivity index (χ1v) is 14.3. The van der Waals surface area contributed by atoms with Crippen molar-refractivity contribution in [2.24, 2.45) is 11.8 Å². The minimum Gasteiger partial charge on any atom is -0.480 e. The van der Waals surface area contributed by atoms with Crippen LogP contribution in [-0.2, 0) is 16.0 Å². The summed E-state index contributed by atoms with van der Waals surface area (Å²) < 4.78 is 26.6. The first-order valence-electron chi connectivity index (χ1n) is 14.3. The number of carboxylic acids is 1. The number of carboxylic acid groups (broad SMARTS) is 1. The fourth-order valence-corrected chi connectivity index (χ4v) is 6.88. The Kier molecular flexibility index (Phi) is 9.93. The third-order valence-electron chi connectivity index (χ3n) is 8.85. The zero-order valence-corrected chi connectivity index (χ0v) is 22.2. The second kappa shape index (κ2) is 13.1. The van der Waals surface area contributed by atoms with Crippen molar-refractivity contribution in [1.29, 1.82) is 0 Å². The molecule has 0 spiro atoms. The molecule has 2 saturated heterocycles. The van der Waals surface area contributed by atoms with Crippen molar-refractivity contribution in [3.8, 4) is 0 Å². The number of hydrogen-bond acceptors (Lipinski definition) is 4. The van der Waals surface area contributed by atoms with Crippen molar-refractivity contribution < 1.29 is 23.5 Å². The molecule has 6 nitrogen and oxygen atoms in total. The summed E-state index contributed by atoms with van der Waals surface area (Å²) in [5.74, 6) is -1.53. The average Bonchev–Trinajstić information content (AvgIpc) is 3.34. The third kappa shape index (κ3) is 7.29. The number of benzene rings is 1. The number of carbonyl (C=O) groups is 2. The molecule has 1 amide bonds. The number of halogens is 2. The maximum atomic E-state index is 13.5. The van der Waals surface area contributed by atoms with Crippen LogP contribution in [0.25, 0.3) is 0 Å². The van der Waals surface area contributed by atoms with Crippen molar-refractivity contribution in [2.45, 2.75) is 83.2 Å². The molecule has 1 aromatic carbocycles. The molecule has 1 N–H and O–H groups in total. The molecular formula is C29H43F2N3O3. The Bertz CT molecular complexity index is 916. The highest BCUT2D eigenvalue weighted by Crippen LogP contribution is 2.32.